The standard InChI is InChI=1S/C17H20N2OS/c1-17(2,3)11-7-9-12(10-8-11)21-15-13(16(19)20)5-4-6-14(15)18/h4-10H,18H2,1-3H3,(H2,19,20). The van der Waals surface area contributed by atoms with E-state index in [0.29, 0.717) is 16.1 Å². The number of hydrogen-bond acceptors (Lipinski definition) is 3. The van der Waals surface area contributed by atoms with Crippen LogP contribution in [0.2, 0.25) is 0 Å². The van der Waals surface area contributed by atoms with Gasteiger partial charge >= 0.3 is 0 Å². The third-order valence-corrected chi connectivity index (χ3v) is 4.42. The molecular formula is C17H20N2OS. The van der Waals surface area contributed by atoms with E-state index in [0.717, 1.165) is 4.90 Å². The van der Waals surface area contributed by atoms with E-state index >= 15 is 0 Å². The summed E-state index contributed by atoms with van der Waals surface area (Å²) in [6.45, 7) is 6.53. The molecule has 0 aliphatic heterocycles. The van der Waals surface area contributed by atoms with Gasteiger partial charge in [0.15, 0.2) is 0 Å². The zero-order valence-electron chi connectivity index (χ0n) is 12.5. The number of carbonyl (C=O) groups excluding carboxylic acids is 1. The van der Waals surface area contributed by atoms with Crippen molar-refractivity contribution >= 4 is 23.4 Å². The Morgan fingerprint density at radius 3 is 2.19 bits per heavy atom. The summed E-state index contributed by atoms with van der Waals surface area (Å²) >= 11 is 1.46. The third-order valence-electron chi connectivity index (χ3n) is 3.25. The van der Waals surface area contributed by atoms with E-state index in [-0.39, 0.29) is 5.41 Å². The molecule has 0 aliphatic rings. The van der Waals surface area contributed by atoms with E-state index in [2.05, 4.69) is 32.9 Å². The Bertz CT molecular complexity index is 657. The quantitative estimate of drug-likeness (QED) is 0.847. The maximum Gasteiger partial charge on any atom is 0.249 e. The Balaban J connectivity index is 2.33. The van der Waals surface area contributed by atoms with Crippen LogP contribution in [0.3, 0.4) is 0 Å². The van der Waals surface area contributed by atoms with Gasteiger partial charge in [0.05, 0.1) is 5.56 Å². The van der Waals surface area contributed by atoms with Crippen molar-refractivity contribution in [2.45, 2.75) is 36.0 Å². The zero-order chi connectivity index (χ0) is 15.6. The van der Waals surface area contributed by atoms with Gasteiger partial charge in [-0.05, 0) is 35.2 Å². The topological polar surface area (TPSA) is 69.1 Å². The van der Waals surface area contributed by atoms with E-state index in [1.54, 1.807) is 18.2 Å². The van der Waals surface area contributed by atoms with E-state index in [9.17, 15) is 4.79 Å². The summed E-state index contributed by atoms with van der Waals surface area (Å²) in [6, 6.07) is 13.5. The number of hydrogen-bond donors (Lipinski definition) is 2. The summed E-state index contributed by atoms with van der Waals surface area (Å²) in [4.78, 5) is 13.3. The second-order valence-corrected chi connectivity index (χ2v) is 7.05. The molecule has 4 N–H and O–H groups in total. The molecule has 0 heterocycles. The van der Waals surface area contributed by atoms with Gasteiger partial charge in [0.1, 0.15) is 0 Å². The van der Waals surface area contributed by atoms with Gasteiger partial charge in [0, 0.05) is 15.5 Å². The van der Waals surface area contributed by atoms with Crippen molar-refractivity contribution in [3.63, 3.8) is 0 Å². The fourth-order valence-electron chi connectivity index (χ4n) is 2.00. The van der Waals surface area contributed by atoms with Gasteiger partial charge in [-0.2, -0.15) is 0 Å². The van der Waals surface area contributed by atoms with Gasteiger partial charge < -0.3 is 11.5 Å². The monoisotopic (exact) mass is 300 g/mol. The molecule has 2 aromatic carbocycles. The van der Waals surface area contributed by atoms with Crippen molar-refractivity contribution in [2.24, 2.45) is 5.73 Å². The average Bonchev–Trinajstić information content (AvgIpc) is 2.40. The predicted octanol–water partition coefficient (Wildman–Crippen LogP) is 3.82. The summed E-state index contributed by atoms with van der Waals surface area (Å²) < 4.78 is 0. The highest BCUT2D eigenvalue weighted by atomic mass is 32.2. The van der Waals surface area contributed by atoms with Crippen molar-refractivity contribution in [2.75, 3.05) is 5.73 Å². The number of nitrogens with two attached hydrogens (primary N) is 2. The van der Waals surface area contributed by atoms with E-state index in [1.807, 2.05) is 12.1 Å². The number of amides is 1. The first-order valence-corrected chi connectivity index (χ1v) is 7.57. The number of benzene rings is 2. The van der Waals surface area contributed by atoms with Crippen LogP contribution in [0, 0.1) is 0 Å². The Hall–Kier alpha value is -1.94. The highest BCUT2D eigenvalue weighted by Crippen LogP contribution is 2.35. The molecular weight excluding hydrogens is 280 g/mol. The van der Waals surface area contributed by atoms with Crippen LogP contribution in [0.4, 0.5) is 5.69 Å². The molecule has 0 aromatic heterocycles. The molecule has 0 saturated carbocycles. The van der Waals surface area contributed by atoms with Gasteiger partial charge in [0.2, 0.25) is 5.91 Å². The SMILES string of the molecule is CC(C)(C)c1ccc(Sc2c(N)cccc2C(N)=O)cc1. The minimum Gasteiger partial charge on any atom is -0.398 e. The number of rotatable bonds is 3. The van der Waals surface area contributed by atoms with Gasteiger partial charge in [-0.15, -0.1) is 0 Å². The highest BCUT2D eigenvalue weighted by Gasteiger charge is 2.15. The number of carbonyl (C=O) groups is 1. The zero-order valence-corrected chi connectivity index (χ0v) is 13.3. The molecule has 4 heteroatoms. The number of primary amides is 1. The smallest absolute Gasteiger partial charge is 0.249 e. The third kappa shape index (κ3) is 3.58. The molecule has 0 radical (unpaired) electrons. The van der Waals surface area contributed by atoms with Crippen LogP contribution in [0.15, 0.2) is 52.3 Å². The second kappa shape index (κ2) is 5.82. The largest absolute Gasteiger partial charge is 0.398 e. The minimum atomic E-state index is -0.462. The summed E-state index contributed by atoms with van der Waals surface area (Å²) in [6.07, 6.45) is 0. The molecule has 0 fully saturated rings. The Labute approximate surface area is 129 Å². The lowest BCUT2D eigenvalue weighted by atomic mass is 9.87. The summed E-state index contributed by atoms with van der Waals surface area (Å²) in [5.41, 5.74) is 13.8. The van der Waals surface area contributed by atoms with Crippen LogP contribution in [0.1, 0.15) is 36.7 Å². The van der Waals surface area contributed by atoms with Crippen molar-refractivity contribution in [1.29, 1.82) is 0 Å². The summed E-state index contributed by atoms with van der Waals surface area (Å²) in [7, 11) is 0. The van der Waals surface area contributed by atoms with Gasteiger partial charge in [-0.3, -0.25) is 4.79 Å². The summed E-state index contributed by atoms with van der Waals surface area (Å²) in [5.74, 6) is -0.462. The van der Waals surface area contributed by atoms with E-state index in [4.69, 9.17) is 11.5 Å². The summed E-state index contributed by atoms with van der Waals surface area (Å²) in [5, 5.41) is 0. The lowest BCUT2D eigenvalue weighted by Crippen LogP contribution is -2.13. The van der Waals surface area contributed by atoms with Crippen molar-refractivity contribution < 1.29 is 4.79 Å². The maximum absolute atomic E-state index is 11.5. The fraction of sp³-hybridized carbons (Fsp3) is 0.235. The van der Waals surface area contributed by atoms with Crippen LogP contribution in [0.5, 0.6) is 0 Å². The number of nitrogen functional groups attached to an aromatic ring is 1. The van der Waals surface area contributed by atoms with Crippen LogP contribution in [-0.4, -0.2) is 5.91 Å². The molecule has 21 heavy (non-hydrogen) atoms. The Morgan fingerprint density at radius 2 is 1.67 bits per heavy atom. The van der Waals surface area contributed by atoms with Crippen LogP contribution < -0.4 is 11.5 Å². The van der Waals surface area contributed by atoms with Gasteiger partial charge in [0.25, 0.3) is 0 Å². The van der Waals surface area contributed by atoms with Gasteiger partial charge in [-0.1, -0.05) is 50.7 Å². The van der Waals surface area contributed by atoms with Gasteiger partial charge in [-0.25, -0.2) is 0 Å². The first-order valence-electron chi connectivity index (χ1n) is 6.76. The first kappa shape index (κ1) is 15.4. The van der Waals surface area contributed by atoms with E-state index in [1.165, 1.54) is 17.3 Å². The molecule has 0 spiro atoms. The normalized spacial score (nSPS) is 11.4. The molecule has 0 aliphatic carbocycles. The lowest BCUT2D eigenvalue weighted by molar-refractivity contribution is 0.0997. The molecule has 0 bridgehead atoms. The van der Waals surface area contributed by atoms with E-state index < -0.39 is 5.91 Å². The van der Waals surface area contributed by atoms with Crippen LogP contribution in [0.25, 0.3) is 0 Å². The Morgan fingerprint density at radius 1 is 1.05 bits per heavy atom. The maximum atomic E-state index is 11.5. The van der Waals surface area contributed by atoms with Crippen molar-refractivity contribution in [3.05, 3.63) is 53.6 Å². The van der Waals surface area contributed by atoms with Crippen molar-refractivity contribution in [1.82, 2.24) is 0 Å². The molecule has 3 nitrogen and oxygen atoms in total. The number of anilines is 1. The predicted molar refractivity (Wildman–Crippen MR) is 88.6 cm³/mol. The van der Waals surface area contributed by atoms with Crippen LogP contribution in [-0.2, 0) is 5.41 Å². The molecule has 0 saturated heterocycles. The highest BCUT2D eigenvalue weighted by molar-refractivity contribution is 7.99. The molecule has 110 valence electrons. The fourth-order valence-corrected chi connectivity index (χ4v) is 2.98. The Kier molecular flexibility index (Phi) is 4.28. The average molecular weight is 300 g/mol. The molecule has 0 unspecified atom stereocenters. The lowest BCUT2D eigenvalue weighted by Gasteiger charge is -2.19. The molecule has 2 aromatic rings. The van der Waals surface area contributed by atoms with Crippen LogP contribution >= 0.6 is 11.8 Å². The minimum absolute atomic E-state index is 0.118. The second-order valence-electron chi connectivity index (χ2n) is 5.96. The molecule has 2 rings (SSSR count). The van der Waals surface area contributed by atoms with Crippen molar-refractivity contribution in [3.8, 4) is 0 Å². The molecule has 1 amide bonds. The first-order chi connectivity index (χ1) is 9.79. The molecule has 0 atom stereocenters.